The van der Waals surface area contributed by atoms with Gasteiger partial charge in [-0.3, -0.25) is 0 Å². The van der Waals surface area contributed by atoms with Gasteiger partial charge >= 0.3 is 0 Å². The van der Waals surface area contributed by atoms with Gasteiger partial charge in [0, 0.05) is 0 Å². The number of hydrogen-bond acceptors (Lipinski definition) is 0. The highest BCUT2D eigenvalue weighted by atomic mass is 31.1. The molecule has 0 unspecified atom stereocenters. The first-order valence-electron chi connectivity index (χ1n) is 14.6. The average Bonchev–Trinajstić information content (AvgIpc) is 3.59. The topological polar surface area (TPSA) is 17.6 Å². The van der Waals surface area contributed by atoms with Gasteiger partial charge in [-0.15, -0.1) is 0 Å². The van der Waals surface area contributed by atoms with E-state index in [2.05, 4.69) is 178 Å². The molecule has 0 spiro atoms. The first-order valence-corrected chi connectivity index (χ1v) is 17.3. The van der Waals surface area contributed by atoms with Crippen LogP contribution in [0.2, 0.25) is 0 Å². The predicted octanol–water partition coefficient (Wildman–Crippen LogP) is 3.94. The third-order valence-corrected chi connectivity index (χ3v) is 12.8. The maximum absolute atomic E-state index is 2.49. The fourth-order valence-electron chi connectivity index (χ4n) is 5.59. The van der Waals surface area contributed by atoms with E-state index in [1.54, 1.807) is 0 Å². The molecule has 0 N–H and O–H groups in total. The molecule has 6 rings (SSSR count). The molecular weight excluding hydrogens is 550 g/mol. The van der Waals surface area contributed by atoms with E-state index in [0.717, 1.165) is 25.9 Å². The lowest BCUT2D eigenvalue weighted by Crippen LogP contribution is -2.48. The number of nitrogens with zero attached hydrogens (tertiary/aromatic N) is 4. The van der Waals surface area contributed by atoms with Crippen molar-refractivity contribution >= 4 is 48.2 Å². The van der Waals surface area contributed by atoms with Crippen LogP contribution in [0, 0.1) is 0 Å². The number of benzene rings is 4. The summed E-state index contributed by atoms with van der Waals surface area (Å²) < 4.78 is 9.62. The highest BCUT2D eigenvalue weighted by Gasteiger charge is 2.30. The summed E-state index contributed by atoms with van der Waals surface area (Å²) in [6.07, 6.45) is 11.2. The van der Waals surface area contributed by atoms with Gasteiger partial charge in [0.1, 0.15) is 24.8 Å². The van der Waals surface area contributed by atoms with Crippen molar-refractivity contribution in [3.8, 4) is 0 Å². The Morgan fingerprint density at radius 1 is 0.452 bits per heavy atom. The minimum Gasteiger partial charge on any atom is -0.233 e. The van der Waals surface area contributed by atoms with Crippen molar-refractivity contribution in [3.63, 3.8) is 0 Å². The van der Waals surface area contributed by atoms with Crippen molar-refractivity contribution in [1.82, 2.24) is 9.13 Å². The van der Waals surface area contributed by atoms with E-state index in [0.29, 0.717) is 0 Å². The third-order valence-electron chi connectivity index (χ3n) is 7.59. The van der Waals surface area contributed by atoms with Crippen molar-refractivity contribution in [2.45, 2.75) is 25.9 Å². The summed E-state index contributed by atoms with van der Waals surface area (Å²) in [6.45, 7) is 2.01. The first kappa shape index (κ1) is 28.3. The maximum Gasteiger partial charge on any atom is 0.285 e. The molecule has 0 radical (unpaired) electrons. The summed E-state index contributed by atoms with van der Waals surface area (Å²) in [7, 11) is 3.06. The van der Waals surface area contributed by atoms with Crippen LogP contribution in [0.1, 0.15) is 12.8 Å². The van der Waals surface area contributed by atoms with Gasteiger partial charge in [-0.2, -0.15) is 0 Å². The van der Waals surface area contributed by atoms with Crippen LogP contribution >= 0.6 is 15.8 Å². The zero-order chi connectivity index (χ0) is 28.7. The zero-order valence-corrected chi connectivity index (χ0v) is 26.2. The molecular formula is C36H38N4P2+2. The monoisotopic (exact) mass is 588 g/mol. The van der Waals surface area contributed by atoms with Crippen molar-refractivity contribution in [1.29, 1.82) is 0 Å². The Bertz CT molecular complexity index is 1490. The Kier molecular flexibility index (Phi) is 9.04. The molecule has 0 saturated carbocycles. The van der Waals surface area contributed by atoms with E-state index >= 15 is 0 Å². The lowest BCUT2D eigenvalue weighted by molar-refractivity contribution is -0.652. The van der Waals surface area contributed by atoms with E-state index in [1.165, 1.54) is 32.3 Å². The standard InChI is InChI=1S/C36H38N4P2/c1-37-27-29-39(35(37)41(31-17-7-3-8-18-31)32-19-9-4-10-20-32)25-15-16-26-40-30-28-38(2)36(40)42(33-21-11-5-12-22-33)34-23-13-6-14-24-34/h3-14,17-24,27-30H,15-16,25-26H2,1-2H3/q+2. The number of imidazole rings is 2. The van der Waals surface area contributed by atoms with Crippen LogP contribution in [-0.2, 0) is 27.2 Å². The SMILES string of the molecule is C[n+]1ccn(CCCCn2cc[n+](C)c2P(c2ccccc2)c2ccccc2)c1P(c1ccccc1)c1ccccc1. The molecule has 2 heterocycles. The van der Waals surface area contributed by atoms with Crippen molar-refractivity contribution in [3.05, 3.63) is 146 Å². The van der Waals surface area contributed by atoms with Gasteiger partial charge in [-0.05, 0) is 34.1 Å². The highest BCUT2D eigenvalue weighted by molar-refractivity contribution is 7.79. The van der Waals surface area contributed by atoms with Gasteiger partial charge in [-0.25, -0.2) is 18.3 Å². The third kappa shape index (κ3) is 6.16. The molecule has 0 atom stereocenters. The molecule has 0 aliphatic rings. The fraction of sp³-hybridized carbons (Fsp3) is 0.167. The van der Waals surface area contributed by atoms with Crippen molar-refractivity contribution in [2.24, 2.45) is 14.1 Å². The second kappa shape index (κ2) is 13.4. The molecule has 42 heavy (non-hydrogen) atoms. The summed E-state index contributed by atoms with van der Waals surface area (Å²) in [5, 5.41) is 5.53. The van der Waals surface area contributed by atoms with Crippen LogP contribution in [0.15, 0.2) is 146 Å². The highest BCUT2D eigenvalue weighted by Crippen LogP contribution is 2.32. The molecule has 210 valence electrons. The van der Waals surface area contributed by atoms with Crippen LogP contribution in [0.5, 0.6) is 0 Å². The summed E-state index contributed by atoms with van der Waals surface area (Å²) in [4.78, 5) is 0. The van der Waals surface area contributed by atoms with Gasteiger partial charge in [-0.1, -0.05) is 121 Å². The van der Waals surface area contributed by atoms with Gasteiger partial charge < -0.3 is 0 Å². The molecule has 0 saturated heterocycles. The van der Waals surface area contributed by atoms with Gasteiger partial charge in [0.05, 0.1) is 43.0 Å². The number of rotatable bonds is 11. The van der Waals surface area contributed by atoms with Crippen LogP contribution in [0.3, 0.4) is 0 Å². The molecule has 6 aromatic rings. The maximum atomic E-state index is 2.49. The fourth-order valence-corrected chi connectivity index (χ4v) is 10.6. The van der Waals surface area contributed by atoms with Gasteiger partial charge in [0.2, 0.25) is 0 Å². The molecule has 4 aromatic carbocycles. The Hall–Kier alpha value is -3.84. The number of unbranched alkanes of at least 4 members (excludes halogenated alkanes) is 1. The Morgan fingerprint density at radius 3 is 1.02 bits per heavy atom. The quantitative estimate of drug-likeness (QED) is 0.124. The van der Waals surface area contributed by atoms with E-state index in [1.807, 2.05) is 0 Å². The van der Waals surface area contributed by atoms with E-state index in [-0.39, 0.29) is 0 Å². The first-order chi connectivity index (χ1) is 20.7. The molecule has 0 fully saturated rings. The summed E-state index contributed by atoms with van der Waals surface area (Å²) in [5.74, 6) is 0. The summed E-state index contributed by atoms with van der Waals surface area (Å²) in [5.41, 5.74) is 2.76. The van der Waals surface area contributed by atoms with E-state index in [4.69, 9.17) is 0 Å². The lowest BCUT2D eigenvalue weighted by Gasteiger charge is -2.17. The molecule has 0 aliphatic carbocycles. The van der Waals surface area contributed by atoms with E-state index in [9.17, 15) is 0 Å². The van der Waals surface area contributed by atoms with Crippen LogP contribution in [-0.4, -0.2) is 9.13 Å². The van der Waals surface area contributed by atoms with Gasteiger partial charge in [0.15, 0.2) is 0 Å². The second-order valence-corrected chi connectivity index (χ2v) is 14.7. The number of aromatic nitrogens is 4. The second-order valence-electron chi connectivity index (χ2n) is 10.5. The van der Waals surface area contributed by atoms with Crippen molar-refractivity contribution in [2.75, 3.05) is 0 Å². The lowest BCUT2D eigenvalue weighted by atomic mass is 10.3. The van der Waals surface area contributed by atoms with Crippen LogP contribution in [0.25, 0.3) is 0 Å². The Morgan fingerprint density at radius 2 is 0.738 bits per heavy atom. The Labute approximate surface area is 252 Å². The smallest absolute Gasteiger partial charge is 0.233 e. The normalized spacial score (nSPS) is 11.4. The van der Waals surface area contributed by atoms with E-state index < -0.39 is 15.8 Å². The minimum absolute atomic E-state index is 0.657. The summed E-state index contributed by atoms with van der Waals surface area (Å²) in [6, 6.07) is 44.0. The largest absolute Gasteiger partial charge is 0.285 e. The molecule has 4 nitrogen and oxygen atoms in total. The minimum atomic E-state index is -0.657. The number of hydrogen-bond donors (Lipinski definition) is 0. The predicted molar refractivity (Wildman–Crippen MR) is 178 cm³/mol. The Balaban J connectivity index is 1.23. The molecule has 0 bridgehead atoms. The van der Waals surface area contributed by atoms with Gasteiger partial charge in [0.25, 0.3) is 11.1 Å². The van der Waals surface area contributed by atoms with Crippen LogP contribution in [0.4, 0.5) is 0 Å². The number of aryl methyl sites for hydroxylation is 4. The molecule has 0 aliphatic heterocycles. The molecule has 0 amide bonds. The summed E-state index contributed by atoms with van der Waals surface area (Å²) >= 11 is 0. The molecule has 6 heteroatoms. The molecule has 2 aromatic heterocycles. The van der Waals surface area contributed by atoms with Crippen molar-refractivity contribution < 1.29 is 9.13 Å². The van der Waals surface area contributed by atoms with Crippen LogP contribution < -0.4 is 41.5 Å². The average molecular weight is 589 g/mol. The zero-order valence-electron chi connectivity index (χ0n) is 24.4.